The smallest absolute Gasteiger partial charge is 0.274 e. The molecule has 0 atom stereocenters. The summed E-state index contributed by atoms with van der Waals surface area (Å²) >= 11 is 0. The molecule has 1 aromatic heterocycles. The summed E-state index contributed by atoms with van der Waals surface area (Å²) in [6, 6.07) is 19.3. The van der Waals surface area contributed by atoms with Gasteiger partial charge in [-0.05, 0) is 47.4 Å². The van der Waals surface area contributed by atoms with Gasteiger partial charge >= 0.3 is 0 Å². The molecule has 3 rings (SSSR count). The number of aromatic nitrogens is 1. The molecule has 0 saturated carbocycles. The number of rotatable bonds is 7. The van der Waals surface area contributed by atoms with Gasteiger partial charge in [-0.25, -0.2) is 0 Å². The molecule has 0 bridgehead atoms. The van der Waals surface area contributed by atoms with Crippen molar-refractivity contribution in [2.45, 2.75) is 26.3 Å². The second-order valence-electron chi connectivity index (χ2n) is 6.83. The molecule has 0 unspecified atom stereocenters. The molecule has 5 heteroatoms. The maximum atomic E-state index is 12.7. The minimum absolute atomic E-state index is 0.221. The number of pyridine rings is 1. The van der Waals surface area contributed by atoms with E-state index < -0.39 is 0 Å². The van der Waals surface area contributed by atoms with Crippen molar-refractivity contribution in [1.82, 2.24) is 4.98 Å². The van der Waals surface area contributed by atoms with Crippen LogP contribution in [0.5, 0.6) is 5.75 Å². The maximum absolute atomic E-state index is 12.7. The number of benzene rings is 2. The molecule has 0 saturated heterocycles. The van der Waals surface area contributed by atoms with Crippen molar-refractivity contribution in [1.29, 1.82) is 0 Å². The highest BCUT2D eigenvalue weighted by Crippen LogP contribution is 2.24. The van der Waals surface area contributed by atoms with Crippen LogP contribution in [0, 0.1) is 0 Å². The fraction of sp³-hybridized carbons (Fsp3) is 0.217. The van der Waals surface area contributed by atoms with Gasteiger partial charge in [0, 0.05) is 24.1 Å². The number of nitrogens with one attached hydrogen (secondary N) is 2. The topological polar surface area (TPSA) is 63.2 Å². The van der Waals surface area contributed by atoms with E-state index in [4.69, 9.17) is 4.74 Å². The average Bonchev–Trinajstić information content (AvgIpc) is 2.73. The zero-order chi connectivity index (χ0) is 19.9. The summed E-state index contributed by atoms with van der Waals surface area (Å²) in [6.45, 7) is 4.85. The lowest BCUT2D eigenvalue weighted by atomic mass is 10.0. The molecule has 0 aliphatic rings. The first kappa shape index (κ1) is 19.4. The van der Waals surface area contributed by atoms with Gasteiger partial charge in [0.25, 0.3) is 5.91 Å². The molecular formula is C23H25N3O2. The van der Waals surface area contributed by atoms with Crippen molar-refractivity contribution in [2.24, 2.45) is 0 Å². The molecule has 28 heavy (non-hydrogen) atoms. The standard InChI is InChI=1S/C23H25N3O2/c1-16(2)20-6-4-5-7-21(20)26-23(27)22-14-18(12-13-24-22)25-15-17-8-10-19(28-3)11-9-17/h4-14,16H,15H2,1-3H3,(H,24,25)(H,26,27). The molecular weight excluding hydrogens is 350 g/mol. The summed E-state index contributed by atoms with van der Waals surface area (Å²) in [5.41, 5.74) is 4.26. The highest BCUT2D eigenvalue weighted by molar-refractivity contribution is 6.03. The second kappa shape index (κ2) is 9.04. The number of hydrogen-bond donors (Lipinski definition) is 2. The van der Waals surface area contributed by atoms with E-state index in [2.05, 4.69) is 29.5 Å². The average molecular weight is 375 g/mol. The Bertz CT molecular complexity index is 937. The number of amides is 1. The van der Waals surface area contributed by atoms with E-state index in [1.165, 1.54) is 0 Å². The zero-order valence-corrected chi connectivity index (χ0v) is 16.4. The Hall–Kier alpha value is -3.34. The van der Waals surface area contributed by atoms with Crippen LogP contribution in [-0.4, -0.2) is 18.0 Å². The Morgan fingerprint density at radius 2 is 1.82 bits per heavy atom. The summed E-state index contributed by atoms with van der Waals surface area (Å²) in [4.78, 5) is 16.9. The van der Waals surface area contributed by atoms with Gasteiger partial charge in [-0.2, -0.15) is 0 Å². The van der Waals surface area contributed by atoms with Crippen molar-refractivity contribution in [3.63, 3.8) is 0 Å². The first-order chi connectivity index (χ1) is 13.6. The first-order valence-electron chi connectivity index (χ1n) is 9.30. The van der Waals surface area contributed by atoms with Crippen LogP contribution >= 0.6 is 0 Å². The molecule has 2 aromatic carbocycles. The monoisotopic (exact) mass is 375 g/mol. The van der Waals surface area contributed by atoms with Crippen molar-refractivity contribution < 1.29 is 9.53 Å². The molecule has 5 nitrogen and oxygen atoms in total. The Morgan fingerprint density at radius 1 is 1.07 bits per heavy atom. The zero-order valence-electron chi connectivity index (χ0n) is 16.4. The number of carbonyl (C=O) groups is 1. The Labute approximate surface area is 165 Å². The number of nitrogens with zero attached hydrogens (tertiary/aromatic N) is 1. The third-order valence-corrected chi connectivity index (χ3v) is 4.48. The number of methoxy groups -OCH3 is 1. The quantitative estimate of drug-likeness (QED) is 0.605. The Kier molecular flexibility index (Phi) is 6.27. The molecule has 0 spiro atoms. The molecule has 0 fully saturated rings. The van der Waals surface area contributed by atoms with Crippen LogP contribution in [0.1, 0.15) is 41.4 Å². The molecule has 0 aliphatic heterocycles. The summed E-state index contributed by atoms with van der Waals surface area (Å²) < 4.78 is 5.17. The number of ether oxygens (including phenoxy) is 1. The van der Waals surface area contributed by atoms with Crippen molar-refractivity contribution in [3.8, 4) is 5.75 Å². The van der Waals surface area contributed by atoms with E-state index >= 15 is 0 Å². The molecule has 1 amide bonds. The fourth-order valence-electron chi connectivity index (χ4n) is 2.91. The minimum atomic E-state index is -0.221. The minimum Gasteiger partial charge on any atom is -0.497 e. The van der Waals surface area contributed by atoms with Crippen LogP contribution in [0.15, 0.2) is 66.9 Å². The highest BCUT2D eigenvalue weighted by atomic mass is 16.5. The highest BCUT2D eigenvalue weighted by Gasteiger charge is 2.12. The van der Waals surface area contributed by atoms with Gasteiger partial charge in [-0.15, -0.1) is 0 Å². The van der Waals surface area contributed by atoms with Gasteiger partial charge in [0.05, 0.1) is 7.11 Å². The Morgan fingerprint density at radius 3 is 2.54 bits per heavy atom. The molecule has 144 valence electrons. The van der Waals surface area contributed by atoms with E-state index in [0.717, 1.165) is 28.3 Å². The number of carbonyl (C=O) groups excluding carboxylic acids is 1. The van der Waals surface area contributed by atoms with Crippen LogP contribution in [0.4, 0.5) is 11.4 Å². The number of anilines is 2. The van der Waals surface area contributed by atoms with Crippen LogP contribution in [-0.2, 0) is 6.54 Å². The van der Waals surface area contributed by atoms with Gasteiger partial charge in [0.2, 0.25) is 0 Å². The van der Waals surface area contributed by atoms with Crippen LogP contribution in [0.3, 0.4) is 0 Å². The molecule has 1 heterocycles. The van der Waals surface area contributed by atoms with Gasteiger partial charge in [-0.3, -0.25) is 9.78 Å². The lowest BCUT2D eigenvalue weighted by Gasteiger charge is -2.14. The predicted octanol–water partition coefficient (Wildman–Crippen LogP) is 5.08. The van der Waals surface area contributed by atoms with Crippen molar-refractivity contribution >= 4 is 17.3 Å². The third-order valence-electron chi connectivity index (χ3n) is 4.48. The Balaban J connectivity index is 1.67. The van der Waals surface area contributed by atoms with Gasteiger partial charge in [0.15, 0.2) is 0 Å². The van der Waals surface area contributed by atoms with Gasteiger partial charge in [0.1, 0.15) is 11.4 Å². The van der Waals surface area contributed by atoms with E-state index in [9.17, 15) is 4.79 Å². The van der Waals surface area contributed by atoms with Crippen LogP contribution in [0.25, 0.3) is 0 Å². The van der Waals surface area contributed by atoms with E-state index in [-0.39, 0.29) is 5.91 Å². The normalized spacial score (nSPS) is 10.6. The second-order valence-corrected chi connectivity index (χ2v) is 6.83. The van der Waals surface area contributed by atoms with E-state index in [0.29, 0.717) is 18.2 Å². The lowest BCUT2D eigenvalue weighted by molar-refractivity contribution is 0.102. The van der Waals surface area contributed by atoms with Gasteiger partial charge < -0.3 is 15.4 Å². The maximum Gasteiger partial charge on any atom is 0.274 e. The van der Waals surface area contributed by atoms with Crippen LogP contribution in [0.2, 0.25) is 0 Å². The predicted molar refractivity (Wildman–Crippen MR) is 113 cm³/mol. The molecule has 0 aliphatic carbocycles. The fourth-order valence-corrected chi connectivity index (χ4v) is 2.91. The number of para-hydroxylation sites is 1. The van der Waals surface area contributed by atoms with E-state index in [1.807, 2.05) is 54.6 Å². The molecule has 2 N–H and O–H groups in total. The molecule has 3 aromatic rings. The lowest BCUT2D eigenvalue weighted by Crippen LogP contribution is -2.15. The largest absolute Gasteiger partial charge is 0.497 e. The number of hydrogen-bond acceptors (Lipinski definition) is 4. The SMILES string of the molecule is COc1ccc(CNc2ccnc(C(=O)Nc3ccccc3C(C)C)c2)cc1. The first-order valence-corrected chi connectivity index (χ1v) is 9.30. The summed E-state index contributed by atoms with van der Waals surface area (Å²) in [6.07, 6.45) is 1.64. The van der Waals surface area contributed by atoms with Crippen LogP contribution < -0.4 is 15.4 Å². The summed E-state index contributed by atoms with van der Waals surface area (Å²) in [5.74, 6) is 0.927. The summed E-state index contributed by atoms with van der Waals surface area (Å²) in [7, 11) is 1.65. The third kappa shape index (κ3) is 4.88. The summed E-state index contributed by atoms with van der Waals surface area (Å²) in [5, 5.41) is 6.31. The van der Waals surface area contributed by atoms with E-state index in [1.54, 1.807) is 19.4 Å². The van der Waals surface area contributed by atoms with Gasteiger partial charge in [-0.1, -0.05) is 44.2 Å². The van der Waals surface area contributed by atoms with Crippen molar-refractivity contribution in [3.05, 3.63) is 83.7 Å². The molecule has 0 radical (unpaired) electrons. The van der Waals surface area contributed by atoms with Crippen molar-refractivity contribution in [2.75, 3.05) is 17.7 Å².